The van der Waals surface area contributed by atoms with Crippen LogP contribution in [0.2, 0.25) is 0 Å². The number of carbonyl (C=O) groups is 2. The molecule has 0 bridgehead atoms. The van der Waals surface area contributed by atoms with E-state index in [1.165, 1.54) is 6.07 Å². The van der Waals surface area contributed by atoms with Crippen LogP contribution in [0.4, 0.5) is 22.8 Å². The number of alkyl halides is 3. The Hall–Kier alpha value is -4.21. The zero-order valence-corrected chi connectivity index (χ0v) is 54.5. The summed E-state index contributed by atoms with van der Waals surface area (Å²) in [5.41, 5.74) is -0.227. The first-order valence-corrected chi connectivity index (χ1v) is 36.7. The molecule has 0 spiro atoms. The van der Waals surface area contributed by atoms with Gasteiger partial charge in [-0.3, -0.25) is 0 Å². The van der Waals surface area contributed by atoms with Crippen molar-refractivity contribution in [3.05, 3.63) is 66.7 Å². The average molecular weight is 1280 g/mol. The van der Waals surface area contributed by atoms with E-state index in [0.29, 0.717) is 43.6 Å². The Morgan fingerprint density at radius 1 is 0.584 bits per heavy atom. The van der Waals surface area contributed by atoms with Gasteiger partial charge in [0.15, 0.2) is 0 Å². The molecule has 8 aliphatic carbocycles. The summed E-state index contributed by atoms with van der Waals surface area (Å²) in [5, 5.41) is 55.5. The molecule has 0 saturated heterocycles. The smallest absolute Gasteiger partial charge is 0.406 e. The van der Waals surface area contributed by atoms with E-state index in [2.05, 4.69) is 61.6 Å². The Kier molecular flexibility index (Phi) is 18.8. The molecular weight excluding hydrogens is 1180 g/mol. The van der Waals surface area contributed by atoms with Crippen molar-refractivity contribution in [3.8, 4) is 5.75 Å². The van der Waals surface area contributed by atoms with E-state index in [0.717, 1.165) is 144 Å². The maximum atomic E-state index is 13.5. The number of ether oxygens (including phenoxy) is 1. The quantitative estimate of drug-likeness (QED) is 0.0596. The molecule has 0 radical (unpaired) electrons. The lowest BCUT2D eigenvalue weighted by Crippen LogP contribution is -2.62. The standard InChI is InChI=1S/C69H99F3N4O11S2/c1-7-49-57-38-44(77)25-31-67(57,5)55-28-34-66(4)52(22-24-54(66)59(55)61(49)79)42(30-36-74-64(82)75-88(83,84)47-19-16-46(17-20-47)87-69(70,71)72)13-10-14-50-58-39-45(78)26-32-68(58,6)56-27-33-65(3)51(21-23-53(65)60(56)62(50)80)40(2)29-35-73-63(81)76-89(85,86)48-18-15-41-11-8-9-12-43(41)37-48/h8-9,11-12,15-20,37,40,42,44-45,49-62,77-80H,7,10,13-14,21-36,38-39H2,1-6H3,(H2,73,76,81)(H2,74,75,82)/t40-,42-,44-,45-,49-,50-,51?,52?,53+,54+,55+,56+,57?,58?,59+,60+,61-,62-,65?,66?,67?,68?/m1/s1. The molecule has 8 unspecified atom stereocenters. The molecular formula is C69H99F3N4O11S2. The minimum Gasteiger partial charge on any atom is -0.406 e. The van der Waals surface area contributed by atoms with Crippen molar-refractivity contribution >= 4 is 42.9 Å². The maximum absolute atomic E-state index is 13.5. The van der Waals surface area contributed by atoms with E-state index in [1.807, 2.05) is 29.0 Å². The van der Waals surface area contributed by atoms with E-state index in [1.54, 1.807) is 12.1 Å². The lowest BCUT2D eigenvalue weighted by Gasteiger charge is -2.65. The molecule has 4 amide bonds. The highest BCUT2D eigenvalue weighted by atomic mass is 32.2. The van der Waals surface area contributed by atoms with Crippen LogP contribution in [0.3, 0.4) is 0 Å². The Morgan fingerprint density at radius 2 is 1.07 bits per heavy atom. The summed E-state index contributed by atoms with van der Waals surface area (Å²) in [6.07, 6.45) is 10.3. The molecule has 8 fully saturated rings. The van der Waals surface area contributed by atoms with Crippen LogP contribution in [0.15, 0.2) is 76.5 Å². The fourth-order valence-corrected chi connectivity index (χ4v) is 24.2. The molecule has 8 aliphatic rings. The van der Waals surface area contributed by atoms with E-state index in [9.17, 15) is 60.0 Å². The first-order chi connectivity index (χ1) is 42.0. The maximum Gasteiger partial charge on any atom is 0.573 e. The van der Waals surface area contributed by atoms with Crippen molar-refractivity contribution in [1.82, 2.24) is 20.1 Å². The molecule has 3 aromatic carbocycles. The molecule has 20 heteroatoms. The van der Waals surface area contributed by atoms with Gasteiger partial charge in [0.05, 0.1) is 34.2 Å². The fraction of sp³-hybridized carbons (Fsp3) is 0.739. The number of fused-ring (bicyclic) bond motifs is 11. The SMILES string of the molecule is CC[C@@H]1C2C[C@H](O)CCC2(C)[C@H]2CCC3(C)C([C@H](CCC[C@@H]4C5C[C@H](O)CCC5(C)[C@H]5CCC6(C)C([C@H](C)CCNC(=O)NS(=O)(=O)c7ccc8ccccc8c7)CC[C@H]6[C@@H]5[C@@H]4O)CCNC(=O)NS(=O)(=O)c4ccc(OC(F)(F)F)cc4)CC[C@H]3[C@@H]2[C@@H]1O. The molecule has 0 heterocycles. The number of hydrogen-bond donors (Lipinski definition) is 8. The number of sulfonamides is 2. The number of halogens is 3. The number of rotatable bonds is 18. The van der Waals surface area contributed by atoms with Gasteiger partial charge in [-0.25, -0.2) is 35.9 Å². The number of amides is 4. The number of aliphatic hydroxyl groups is 4. The van der Waals surface area contributed by atoms with Crippen LogP contribution in [0.1, 0.15) is 170 Å². The second-order valence-corrected chi connectivity index (χ2v) is 33.7. The summed E-state index contributed by atoms with van der Waals surface area (Å²) in [7, 11) is -8.57. The summed E-state index contributed by atoms with van der Waals surface area (Å²) in [5.74, 6) is 2.11. The van der Waals surface area contributed by atoms with Gasteiger partial charge in [-0.15, -0.1) is 13.2 Å². The summed E-state index contributed by atoms with van der Waals surface area (Å²) in [6, 6.07) is 14.2. The average Bonchev–Trinajstić information content (AvgIpc) is 1.70. The summed E-state index contributed by atoms with van der Waals surface area (Å²) in [4.78, 5) is 26.2. The fourth-order valence-electron chi connectivity index (χ4n) is 22.3. The number of carbonyl (C=O) groups excluding carboxylic acids is 2. The predicted octanol–water partition coefficient (Wildman–Crippen LogP) is 12.5. The number of benzene rings is 3. The number of nitrogens with one attached hydrogen (secondary N) is 4. The van der Waals surface area contributed by atoms with Crippen LogP contribution >= 0.6 is 0 Å². The van der Waals surface area contributed by atoms with E-state index < -0.39 is 67.4 Å². The predicted molar refractivity (Wildman–Crippen MR) is 334 cm³/mol. The van der Waals surface area contributed by atoms with E-state index >= 15 is 0 Å². The van der Waals surface area contributed by atoms with Crippen LogP contribution in [0.5, 0.6) is 5.75 Å². The van der Waals surface area contributed by atoms with Gasteiger partial charge in [0.25, 0.3) is 20.0 Å². The van der Waals surface area contributed by atoms with Crippen LogP contribution in [0.25, 0.3) is 10.8 Å². The largest absolute Gasteiger partial charge is 0.573 e. The van der Waals surface area contributed by atoms with Gasteiger partial charge >= 0.3 is 18.4 Å². The van der Waals surface area contributed by atoms with Gasteiger partial charge in [0, 0.05) is 13.1 Å². The minimum atomic E-state index is -4.96. The lowest BCUT2D eigenvalue weighted by molar-refractivity contribution is -0.274. The monoisotopic (exact) mass is 1280 g/mol. The molecule has 8 saturated carbocycles. The molecule has 11 rings (SSSR count). The lowest BCUT2D eigenvalue weighted by atomic mass is 9.41. The van der Waals surface area contributed by atoms with Crippen molar-refractivity contribution < 1.29 is 64.8 Å². The third-order valence-electron chi connectivity index (χ3n) is 26.4. The van der Waals surface area contributed by atoms with Crippen molar-refractivity contribution in [3.63, 3.8) is 0 Å². The molecule has 0 aliphatic heterocycles. The van der Waals surface area contributed by atoms with Crippen molar-refractivity contribution in [1.29, 1.82) is 0 Å². The van der Waals surface area contributed by atoms with Gasteiger partial charge in [-0.1, -0.05) is 91.1 Å². The highest BCUT2D eigenvalue weighted by molar-refractivity contribution is 7.90. The third kappa shape index (κ3) is 12.6. The van der Waals surface area contributed by atoms with Crippen LogP contribution in [-0.4, -0.2) is 93.2 Å². The molecule has 15 nitrogen and oxygen atoms in total. The zero-order valence-electron chi connectivity index (χ0n) is 52.9. The third-order valence-corrected chi connectivity index (χ3v) is 29.0. The highest BCUT2D eigenvalue weighted by Crippen LogP contribution is 2.72. The summed E-state index contributed by atoms with van der Waals surface area (Å²) in [6.45, 7) is 14.6. The zero-order chi connectivity index (χ0) is 63.8. The van der Waals surface area contributed by atoms with Crippen LogP contribution in [-0.2, 0) is 20.0 Å². The van der Waals surface area contributed by atoms with Crippen LogP contribution in [0, 0.1) is 105 Å². The number of hydrogen-bond acceptors (Lipinski definition) is 11. The Balaban J connectivity index is 0.786. The Labute approximate surface area is 525 Å². The summed E-state index contributed by atoms with van der Waals surface area (Å²) >= 11 is 0. The van der Waals surface area contributed by atoms with Crippen LogP contribution < -0.4 is 24.8 Å². The second kappa shape index (κ2) is 25.3. The first kappa shape index (κ1) is 66.3. The second-order valence-electron chi connectivity index (χ2n) is 30.3. The van der Waals surface area contributed by atoms with Gasteiger partial charge in [-0.2, -0.15) is 0 Å². The molecule has 89 heavy (non-hydrogen) atoms. The van der Waals surface area contributed by atoms with Gasteiger partial charge in [0.1, 0.15) is 5.75 Å². The molecule has 3 aromatic rings. The highest BCUT2D eigenvalue weighted by Gasteiger charge is 2.67. The molecule has 22 atom stereocenters. The van der Waals surface area contributed by atoms with E-state index in [-0.39, 0.29) is 104 Å². The van der Waals surface area contributed by atoms with Gasteiger partial charge in [-0.05, 0) is 261 Å². The normalized spacial score (nSPS) is 39.2. The Morgan fingerprint density at radius 3 is 1.64 bits per heavy atom. The van der Waals surface area contributed by atoms with E-state index in [4.69, 9.17) is 0 Å². The van der Waals surface area contributed by atoms with Gasteiger partial charge in [0.2, 0.25) is 0 Å². The number of aliphatic hydroxyl groups excluding tert-OH is 4. The topological polar surface area (TPSA) is 241 Å². The number of urea groups is 2. The van der Waals surface area contributed by atoms with Gasteiger partial charge < -0.3 is 35.8 Å². The van der Waals surface area contributed by atoms with Crippen molar-refractivity contribution in [2.45, 2.75) is 211 Å². The van der Waals surface area contributed by atoms with Crippen molar-refractivity contribution in [2.24, 2.45) is 105 Å². The molecule has 494 valence electrons. The first-order valence-electron chi connectivity index (χ1n) is 33.7. The Bertz CT molecular complexity index is 3270. The molecule has 8 N–H and O–H groups in total. The summed E-state index contributed by atoms with van der Waals surface area (Å²) < 4.78 is 100. The minimum absolute atomic E-state index is 0.0159. The van der Waals surface area contributed by atoms with Crippen molar-refractivity contribution in [2.75, 3.05) is 13.1 Å². The molecule has 0 aromatic heterocycles.